The van der Waals surface area contributed by atoms with E-state index in [0.29, 0.717) is 28.4 Å². The van der Waals surface area contributed by atoms with Gasteiger partial charge in [0.05, 0.1) is 19.5 Å². The molecule has 0 N–H and O–H groups in total. The van der Waals surface area contributed by atoms with Crippen molar-refractivity contribution in [3.63, 3.8) is 0 Å². The summed E-state index contributed by atoms with van der Waals surface area (Å²) in [4.78, 5) is 14.8. The van der Waals surface area contributed by atoms with Gasteiger partial charge in [0.25, 0.3) is 11.6 Å². The molecule has 1 aliphatic carbocycles. The third kappa shape index (κ3) is 3.87. The number of methoxy groups -OCH3 is 2. The number of benzene rings is 2. The van der Waals surface area contributed by atoms with Crippen LogP contribution in [0.4, 0.5) is 0 Å². The van der Waals surface area contributed by atoms with Gasteiger partial charge in [-0.25, -0.2) is 0 Å². The van der Waals surface area contributed by atoms with Crippen LogP contribution in [0.2, 0.25) is 0 Å². The number of hydrogen-bond donors (Lipinski definition) is 0. The van der Waals surface area contributed by atoms with Crippen LogP contribution in [0.15, 0.2) is 53.1 Å². The molecule has 8 heteroatoms. The fourth-order valence-electron chi connectivity index (χ4n) is 3.14. The molecular formula is C21H21N3O5. The molecule has 0 atom stereocenters. The molecule has 1 saturated carbocycles. The zero-order valence-corrected chi connectivity index (χ0v) is 16.2. The molecule has 2 aromatic carbocycles. The fourth-order valence-corrected chi connectivity index (χ4v) is 3.14. The van der Waals surface area contributed by atoms with Crippen LogP contribution in [0.3, 0.4) is 0 Å². The van der Waals surface area contributed by atoms with E-state index in [2.05, 4.69) is 5.27 Å². The van der Waals surface area contributed by atoms with Gasteiger partial charge >= 0.3 is 0 Å². The number of carbonyl (C=O) groups is 1. The predicted octanol–water partition coefficient (Wildman–Crippen LogP) is 1.85. The summed E-state index contributed by atoms with van der Waals surface area (Å²) in [6, 6.07) is 14.1. The highest BCUT2D eigenvalue weighted by molar-refractivity contribution is 5.94. The van der Waals surface area contributed by atoms with Gasteiger partial charge in [0.15, 0.2) is 5.95 Å². The monoisotopic (exact) mass is 395 g/mol. The summed E-state index contributed by atoms with van der Waals surface area (Å²) in [5.74, 6) is 0.666. The van der Waals surface area contributed by atoms with Gasteiger partial charge in [-0.3, -0.25) is 4.79 Å². The van der Waals surface area contributed by atoms with E-state index < -0.39 is 5.95 Å². The van der Waals surface area contributed by atoms with E-state index in [1.807, 2.05) is 0 Å². The Hall–Kier alpha value is -3.55. The van der Waals surface area contributed by atoms with Crippen molar-refractivity contribution in [3.8, 4) is 23.1 Å². The van der Waals surface area contributed by atoms with Crippen molar-refractivity contribution in [2.45, 2.75) is 25.4 Å². The van der Waals surface area contributed by atoms with E-state index >= 15 is 0 Å². The summed E-state index contributed by atoms with van der Waals surface area (Å²) in [5, 5.41) is 16.2. The molecule has 1 aromatic heterocycles. The molecule has 150 valence electrons. The Kier molecular flexibility index (Phi) is 5.07. The minimum Gasteiger partial charge on any atom is -0.539 e. The molecule has 0 aliphatic heterocycles. The quantitative estimate of drug-likeness (QED) is 0.567. The Morgan fingerprint density at radius 3 is 2.24 bits per heavy atom. The second-order valence-corrected chi connectivity index (χ2v) is 6.81. The summed E-state index contributed by atoms with van der Waals surface area (Å²) < 4.78 is 16.6. The maximum atomic E-state index is 13.1. The molecule has 0 saturated heterocycles. The van der Waals surface area contributed by atoms with Crippen molar-refractivity contribution in [3.05, 3.63) is 59.8 Å². The first-order valence-corrected chi connectivity index (χ1v) is 9.28. The number of carbonyl (C=O) groups excluding carboxylic acids is 1. The summed E-state index contributed by atoms with van der Waals surface area (Å²) in [5.41, 5.74) is 1.49. The van der Waals surface area contributed by atoms with Gasteiger partial charge in [-0.1, -0.05) is 0 Å². The predicted molar refractivity (Wildman–Crippen MR) is 99.9 cm³/mol. The summed E-state index contributed by atoms with van der Waals surface area (Å²) >= 11 is 0. The van der Waals surface area contributed by atoms with Crippen molar-refractivity contribution >= 4 is 5.91 Å². The first-order chi connectivity index (χ1) is 14.1. The lowest BCUT2D eigenvalue weighted by Gasteiger charge is -2.21. The van der Waals surface area contributed by atoms with Gasteiger partial charge in [0, 0.05) is 23.7 Å². The Balaban J connectivity index is 1.62. The fraction of sp³-hybridized carbons (Fsp3) is 0.286. The lowest BCUT2D eigenvalue weighted by Crippen LogP contribution is -2.42. The average molecular weight is 395 g/mol. The highest BCUT2D eigenvalue weighted by Gasteiger charge is 2.36. The van der Waals surface area contributed by atoms with Gasteiger partial charge in [-0.05, 0) is 53.9 Å². The molecule has 1 amide bonds. The van der Waals surface area contributed by atoms with Crippen molar-refractivity contribution in [2.24, 2.45) is 0 Å². The Morgan fingerprint density at radius 2 is 1.69 bits per heavy atom. The molecule has 0 bridgehead atoms. The van der Waals surface area contributed by atoms with Crippen LogP contribution < -0.4 is 19.3 Å². The molecule has 0 unspecified atom stereocenters. The topological polar surface area (TPSA) is 91.7 Å². The summed E-state index contributed by atoms with van der Waals surface area (Å²) in [6.07, 6.45) is 1.81. The van der Waals surface area contributed by atoms with Crippen LogP contribution in [0.1, 0.15) is 28.9 Å². The zero-order chi connectivity index (χ0) is 20.4. The minimum atomic E-state index is -0.561. The minimum absolute atomic E-state index is 0.100. The SMILES string of the molecule is COc1ccc(C(=O)N(Cc2c([O-])on[n+]2-c2ccc(OC)cc2)C2CC2)cc1. The van der Waals surface area contributed by atoms with Gasteiger partial charge < -0.3 is 24.0 Å². The standard InChI is InChI=1S/C21H21N3O5/c1-27-17-9-3-14(4-10-17)20(25)23(15-5-6-15)13-19-21(26)29-22-24(19)16-7-11-18(28-2)12-8-16/h3-4,7-12,15H,5-6,13H2,1-2H3. The number of hydrogen-bond acceptors (Lipinski definition) is 6. The Labute approximate surface area is 167 Å². The van der Waals surface area contributed by atoms with Crippen LogP contribution >= 0.6 is 0 Å². The first-order valence-electron chi connectivity index (χ1n) is 9.28. The van der Waals surface area contributed by atoms with Gasteiger partial charge in [-0.15, -0.1) is 0 Å². The third-order valence-electron chi connectivity index (χ3n) is 4.92. The van der Waals surface area contributed by atoms with E-state index in [9.17, 15) is 9.90 Å². The van der Waals surface area contributed by atoms with E-state index in [0.717, 1.165) is 12.8 Å². The number of nitrogens with zero attached hydrogens (tertiary/aromatic N) is 3. The number of aromatic nitrogens is 2. The van der Waals surface area contributed by atoms with Crippen molar-refractivity contribution in [2.75, 3.05) is 14.2 Å². The smallest absolute Gasteiger partial charge is 0.259 e. The number of amides is 1. The molecule has 29 heavy (non-hydrogen) atoms. The zero-order valence-electron chi connectivity index (χ0n) is 16.2. The highest BCUT2D eigenvalue weighted by atomic mass is 16.6. The van der Waals surface area contributed by atoms with Crippen LogP contribution in [0, 0.1) is 0 Å². The van der Waals surface area contributed by atoms with Gasteiger partial charge in [0.1, 0.15) is 18.0 Å². The summed E-state index contributed by atoms with van der Waals surface area (Å²) in [6.45, 7) is 0.115. The van der Waals surface area contributed by atoms with Crippen molar-refractivity contribution in [1.82, 2.24) is 10.2 Å². The first kappa shape index (κ1) is 18.8. The van der Waals surface area contributed by atoms with E-state index in [1.54, 1.807) is 67.7 Å². The Bertz CT molecular complexity index is 994. The molecule has 1 heterocycles. The van der Waals surface area contributed by atoms with Crippen molar-refractivity contribution < 1.29 is 28.6 Å². The van der Waals surface area contributed by atoms with E-state index in [1.165, 1.54) is 4.68 Å². The maximum absolute atomic E-state index is 13.1. The molecule has 4 rings (SSSR count). The van der Waals surface area contributed by atoms with Gasteiger partial charge in [0.2, 0.25) is 5.69 Å². The molecular weight excluding hydrogens is 374 g/mol. The average Bonchev–Trinajstić information content (AvgIpc) is 3.54. The normalized spacial score (nSPS) is 13.2. The molecule has 3 aromatic rings. The second-order valence-electron chi connectivity index (χ2n) is 6.81. The lowest BCUT2D eigenvalue weighted by molar-refractivity contribution is -0.678. The maximum Gasteiger partial charge on any atom is 0.259 e. The van der Waals surface area contributed by atoms with Crippen LogP contribution in [-0.2, 0) is 6.54 Å². The molecule has 8 nitrogen and oxygen atoms in total. The highest BCUT2D eigenvalue weighted by Crippen LogP contribution is 2.31. The van der Waals surface area contributed by atoms with E-state index in [4.69, 9.17) is 14.0 Å². The third-order valence-corrected chi connectivity index (χ3v) is 4.92. The molecule has 1 aliphatic rings. The van der Waals surface area contributed by atoms with Crippen molar-refractivity contribution in [1.29, 1.82) is 0 Å². The molecule has 1 fully saturated rings. The number of rotatable bonds is 7. The largest absolute Gasteiger partial charge is 0.539 e. The lowest BCUT2D eigenvalue weighted by atomic mass is 10.2. The van der Waals surface area contributed by atoms with Crippen LogP contribution in [0.5, 0.6) is 17.4 Å². The van der Waals surface area contributed by atoms with E-state index in [-0.39, 0.29) is 18.5 Å². The van der Waals surface area contributed by atoms with Gasteiger partial charge in [-0.2, -0.15) is 0 Å². The second kappa shape index (κ2) is 7.83. The van der Waals surface area contributed by atoms with Crippen LogP contribution in [0.25, 0.3) is 5.69 Å². The summed E-state index contributed by atoms with van der Waals surface area (Å²) in [7, 11) is 3.16. The number of ether oxygens (including phenoxy) is 2. The molecule has 0 radical (unpaired) electrons. The Morgan fingerprint density at radius 1 is 1.10 bits per heavy atom. The molecule has 0 spiro atoms. The van der Waals surface area contributed by atoms with Crippen LogP contribution in [-0.4, -0.2) is 36.3 Å².